The van der Waals surface area contributed by atoms with Gasteiger partial charge in [-0.1, -0.05) is 105 Å². The summed E-state index contributed by atoms with van der Waals surface area (Å²) < 4.78 is 0. The number of unbranched alkanes of at least 4 members (excludes halogenated alkanes) is 7. The number of carbonyl (C=O) groups excluding carboxylic acids is 1. The van der Waals surface area contributed by atoms with E-state index in [9.17, 15) is 9.90 Å². The predicted octanol–water partition coefficient (Wildman–Crippen LogP) is 7.73. The fourth-order valence-electron chi connectivity index (χ4n) is 4.48. The van der Waals surface area contributed by atoms with E-state index in [1.165, 1.54) is 50.5 Å². The van der Waals surface area contributed by atoms with Gasteiger partial charge in [0.15, 0.2) is 0 Å². The van der Waals surface area contributed by atoms with Crippen molar-refractivity contribution < 1.29 is 9.90 Å². The van der Waals surface area contributed by atoms with Crippen LogP contribution in [-0.4, -0.2) is 10.9 Å². The Hall–Kier alpha value is -1.35. The van der Waals surface area contributed by atoms with Crippen molar-refractivity contribution in [2.45, 2.75) is 83.7 Å². The first kappa shape index (κ1) is 23.3. The molecule has 0 saturated heterocycles. The molecule has 0 heterocycles. The average Bonchev–Trinajstić information content (AvgIpc) is 3.02. The van der Waals surface area contributed by atoms with Crippen LogP contribution in [0.1, 0.15) is 99.5 Å². The first-order chi connectivity index (χ1) is 14.4. The Kier molecular flexibility index (Phi) is 8.39. The van der Waals surface area contributed by atoms with E-state index in [2.05, 4.69) is 25.1 Å². The molecule has 0 fully saturated rings. The summed E-state index contributed by atoms with van der Waals surface area (Å²) in [5.74, 6) is -0.493. The predicted molar refractivity (Wildman–Crippen MR) is 127 cm³/mol. The van der Waals surface area contributed by atoms with Gasteiger partial charge in [-0.25, -0.2) is 0 Å². The van der Waals surface area contributed by atoms with Gasteiger partial charge in [-0.3, -0.25) is 4.79 Å². The SMILES string of the molecule is CCCCCCCCCCc1ccc(C2C=C(Cl)C(=O)C(Cl)=C2)c2c1C(O)C(C)=C2. The molecule has 0 amide bonds. The van der Waals surface area contributed by atoms with Crippen molar-refractivity contribution in [3.8, 4) is 0 Å². The molecule has 0 aliphatic heterocycles. The first-order valence-electron chi connectivity index (χ1n) is 11.2. The Bertz CT molecular complexity index is 857. The third kappa shape index (κ3) is 5.28. The minimum absolute atomic E-state index is 0.156. The first-order valence-corrected chi connectivity index (χ1v) is 12.0. The lowest BCUT2D eigenvalue weighted by Crippen LogP contribution is -2.10. The number of carbonyl (C=O) groups is 1. The van der Waals surface area contributed by atoms with Crippen LogP contribution >= 0.6 is 23.2 Å². The number of hydrogen-bond acceptors (Lipinski definition) is 2. The number of aryl methyl sites for hydroxylation is 1. The number of fused-ring (bicyclic) bond motifs is 1. The molecule has 1 aromatic rings. The van der Waals surface area contributed by atoms with Crippen LogP contribution in [0, 0.1) is 0 Å². The molecule has 1 atom stereocenters. The summed E-state index contributed by atoms with van der Waals surface area (Å²) in [5.41, 5.74) is 5.27. The van der Waals surface area contributed by atoms with Crippen LogP contribution in [0.2, 0.25) is 0 Å². The van der Waals surface area contributed by atoms with Crippen molar-refractivity contribution in [3.63, 3.8) is 0 Å². The van der Waals surface area contributed by atoms with E-state index in [0.717, 1.165) is 35.1 Å². The van der Waals surface area contributed by atoms with Crippen molar-refractivity contribution in [2.24, 2.45) is 0 Å². The van der Waals surface area contributed by atoms with E-state index in [1.54, 1.807) is 12.2 Å². The second-order valence-electron chi connectivity index (χ2n) is 8.54. The normalized spacial score (nSPS) is 18.9. The average molecular weight is 447 g/mol. The van der Waals surface area contributed by atoms with Crippen LogP contribution < -0.4 is 0 Å². The number of aliphatic hydroxyl groups excluding tert-OH is 1. The van der Waals surface area contributed by atoms with Gasteiger partial charge in [0.05, 0.1) is 10.1 Å². The molecule has 0 saturated carbocycles. The van der Waals surface area contributed by atoms with Gasteiger partial charge in [-0.05, 0) is 47.6 Å². The van der Waals surface area contributed by atoms with Crippen molar-refractivity contribution >= 4 is 35.1 Å². The number of rotatable bonds is 10. The number of hydrogen-bond donors (Lipinski definition) is 1. The third-order valence-electron chi connectivity index (χ3n) is 6.23. The number of Topliss-reactive ketones (excluding diaryl/α,β-unsaturated/α-hetero) is 1. The fraction of sp³-hybridized carbons (Fsp3) is 0.500. The van der Waals surface area contributed by atoms with Gasteiger partial charge in [-0.15, -0.1) is 0 Å². The topological polar surface area (TPSA) is 37.3 Å². The van der Waals surface area contributed by atoms with Gasteiger partial charge < -0.3 is 5.11 Å². The molecule has 162 valence electrons. The fourth-order valence-corrected chi connectivity index (χ4v) is 5.01. The molecule has 1 unspecified atom stereocenters. The van der Waals surface area contributed by atoms with Gasteiger partial charge >= 0.3 is 0 Å². The standard InChI is InChI=1S/C26H32Cl2O2/c1-3-4-5-6-7-8-9-10-11-18-12-13-20(21-14-17(2)25(29)24(18)21)19-15-22(27)26(30)23(28)16-19/h12-16,19,25,29H,3-11H2,1-2H3. The maximum absolute atomic E-state index is 11.9. The van der Waals surface area contributed by atoms with Crippen molar-refractivity contribution in [3.05, 3.63) is 62.2 Å². The summed E-state index contributed by atoms with van der Waals surface area (Å²) in [5, 5.41) is 11.1. The van der Waals surface area contributed by atoms with Crippen LogP contribution in [0.4, 0.5) is 0 Å². The van der Waals surface area contributed by atoms with E-state index in [4.69, 9.17) is 23.2 Å². The summed E-state index contributed by atoms with van der Waals surface area (Å²) in [6.07, 6.45) is 16.3. The van der Waals surface area contributed by atoms with Crippen LogP contribution in [0.3, 0.4) is 0 Å². The van der Waals surface area contributed by atoms with Crippen LogP contribution in [0.5, 0.6) is 0 Å². The number of benzene rings is 1. The molecule has 2 aliphatic carbocycles. The lowest BCUT2D eigenvalue weighted by Gasteiger charge is -2.21. The zero-order valence-electron chi connectivity index (χ0n) is 18.0. The van der Waals surface area contributed by atoms with E-state index in [0.29, 0.717) is 0 Å². The van der Waals surface area contributed by atoms with E-state index in [1.807, 2.05) is 6.92 Å². The lowest BCUT2D eigenvalue weighted by molar-refractivity contribution is -0.111. The molecule has 1 aromatic carbocycles. The number of halogens is 2. The van der Waals surface area contributed by atoms with Gasteiger partial charge in [0, 0.05) is 5.92 Å². The molecular weight excluding hydrogens is 415 g/mol. The molecule has 30 heavy (non-hydrogen) atoms. The highest BCUT2D eigenvalue weighted by Gasteiger charge is 2.29. The lowest BCUT2D eigenvalue weighted by atomic mass is 9.86. The largest absolute Gasteiger partial charge is 0.384 e. The van der Waals surface area contributed by atoms with Crippen LogP contribution in [0.15, 0.2) is 39.9 Å². The molecule has 0 aromatic heterocycles. The van der Waals surface area contributed by atoms with Crippen molar-refractivity contribution in [1.29, 1.82) is 0 Å². The molecule has 4 heteroatoms. The summed E-state index contributed by atoms with van der Waals surface area (Å²) in [6, 6.07) is 4.23. The van der Waals surface area contributed by atoms with E-state index < -0.39 is 6.10 Å². The minimum atomic E-state index is -0.562. The quantitative estimate of drug-likeness (QED) is 0.373. The summed E-state index contributed by atoms with van der Waals surface area (Å²) in [4.78, 5) is 11.9. The molecule has 3 rings (SSSR count). The zero-order chi connectivity index (χ0) is 21.7. The van der Waals surface area contributed by atoms with E-state index >= 15 is 0 Å². The highest BCUT2D eigenvalue weighted by atomic mass is 35.5. The molecule has 0 spiro atoms. The summed E-state index contributed by atoms with van der Waals surface area (Å²) in [7, 11) is 0. The smallest absolute Gasteiger partial charge is 0.215 e. The zero-order valence-corrected chi connectivity index (χ0v) is 19.5. The Balaban J connectivity index is 1.71. The summed E-state index contributed by atoms with van der Waals surface area (Å²) >= 11 is 12.2. The van der Waals surface area contributed by atoms with Gasteiger partial charge in [-0.2, -0.15) is 0 Å². The Labute approximate surface area is 190 Å². The molecule has 1 N–H and O–H groups in total. The number of allylic oxidation sites excluding steroid dienone is 4. The second kappa shape index (κ2) is 10.8. The van der Waals surface area contributed by atoms with Crippen LogP contribution in [-0.2, 0) is 11.2 Å². The van der Waals surface area contributed by atoms with Crippen LogP contribution in [0.25, 0.3) is 6.08 Å². The van der Waals surface area contributed by atoms with Crippen molar-refractivity contribution in [2.75, 3.05) is 0 Å². The summed E-state index contributed by atoms with van der Waals surface area (Å²) in [6.45, 7) is 4.21. The molecule has 0 bridgehead atoms. The monoisotopic (exact) mass is 446 g/mol. The highest BCUT2D eigenvalue weighted by Crippen LogP contribution is 2.43. The second-order valence-corrected chi connectivity index (χ2v) is 9.36. The molecular formula is C26H32Cl2O2. The van der Waals surface area contributed by atoms with Gasteiger partial charge in [0.2, 0.25) is 5.78 Å². The molecule has 0 radical (unpaired) electrons. The molecule has 2 nitrogen and oxygen atoms in total. The Morgan fingerprint density at radius 3 is 2.17 bits per heavy atom. The third-order valence-corrected chi connectivity index (χ3v) is 6.83. The van der Waals surface area contributed by atoms with E-state index in [-0.39, 0.29) is 21.8 Å². The molecule has 2 aliphatic rings. The Morgan fingerprint density at radius 1 is 0.933 bits per heavy atom. The number of ketones is 1. The van der Waals surface area contributed by atoms with Gasteiger partial charge in [0.25, 0.3) is 0 Å². The maximum atomic E-state index is 11.9. The van der Waals surface area contributed by atoms with Crippen molar-refractivity contribution in [1.82, 2.24) is 0 Å². The number of aliphatic hydroxyl groups is 1. The Morgan fingerprint density at radius 2 is 1.53 bits per heavy atom. The highest BCUT2D eigenvalue weighted by molar-refractivity contribution is 6.55. The maximum Gasteiger partial charge on any atom is 0.215 e. The van der Waals surface area contributed by atoms with Gasteiger partial charge in [0.1, 0.15) is 6.10 Å². The minimum Gasteiger partial charge on any atom is -0.384 e.